The van der Waals surface area contributed by atoms with E-state index >= 15 is 0 Å². The number of carbonyl (C=O) groups is 2. The maximum Gasteiger partial charge on any atom is 0.229 e. The second-order valence-electron chi connectivity index (χ2n) is 3.51. The van der Waals surface area contributed by atoms with Crippen molar-refractivity contribution in [1.82, 2.24) is 4.90 Å². The van der Waals surface area contributed by atoms with Crippen molar-refractivity contribution in [2.75, 3.05) is 11.9 Å². The number of nitrogens with zero attached hydrogens (tertiary/aromatic N) is 1. The lowest BCUT2D eigenvalue weighted by Gasteiger charge is -2.26. The molecule has 0 aromatic heterocycles. The van der Waals surface area contributed by atoms with E-state index in [0.29, 0.717) is 25.3 Å². The fraction of sp³-hybridized carbons (Fsp3) is 0.778. The molecule has 0 radical (unpaired) electrons. The molecule has 1 saturated heterocycles. The first-order chi connectivity index (χ1) is 6.15. The van der Waals surface area contributed by atoms with Crippen LogP contribution in [0.25, 0.3) is 0 Å². The van der Waals surface area contributed by atoms with Gasteiger partial charge in [-0.3, -0.25) is 14.5 Å². The summed E-state index contributed by atoms with van der Waals surface area (Å²) in [5, 5.41) is 0.823. The number of alkyl halides is 1. The van der Waals surface area contributed by atoms with Crippen molar-refractivity contribution < 1.29 is 9.59 Å². The van der Waals surface area contributed by atoms with Crippen LogP contribution < -0.4 is 0 Å². The number of likely N-dealkylation sites (tertiary alicyclic amines) is 1. The van der Waals surface area contributed by atoms with Gasteiger partial charge in [0.15, 0.2) is 0 Å². The van der Waals surface area contributed by atoms with Crippen molar-refractivity contribution in [3.63, 3.8) is 0 Å². The minimum atomic E-state index is -0.0101. The molecule has 1 aliphatic heterocycles. The van der Waals surface area contributed by atoms with Gasteiger partial charge in [-0.1, -0.05) is 22.9 Å². The largest absolute Gasteiger partial charge is 0.282 e. The van der Waals surface area contributed by atoms with Gasteiger partial charge < -0.3 is 0 Å². The van der Waals surface area contributed by atoms with E-state index in [2.05, 4.69) is 15.9 Å². The van der Waals surface area contributed by atoms with E-state index in [9.17, 15) is 9.59 Å². The lowest BCUT2D eigenvalue weighted by Crippen LogP contribution is -2.42. The molecule has 1 rings (SSSR count). The second-order valence-corrected chi connectivity index (χ2v) is 4.16. The smallest absolute Gasteiger partial charge is 0.229 e. The van der Waals surface area contributed by atoms with Gasteiger partial charge in [-0.2, -0.15) is 0 Å². The third kappa shape index (κ3) is 2.79. The molecule has 1 aliphatic rings. The van der Waals surface area contributed by atoms with Crippen molar-refractivity contribution in [2.45, 2.75) is 26.2 Å². The molecule has 0 bridgehead atoms. The monoisotopic (exact) mass is 247 g/mol. The Balaban J connectivity index is 2.54. The highest BCUT2D eigenvalue weighted by Gasteiger charge is 2.26. The first-order valence-corrected chi connectivity index (χ1v) is 5.66. The van der Waals surface area contributed by atoms with Crippen LogP contribution in [0.5, 0.6) is 0 Å². The predicted molar refractivity (Wildman–Crippen MR) is 53.5 cm³/mol. The van der Waals surface area contributed by atoms with E-state index in [1.165, 1.54) is 4.90 Å². The van der Waals surface area contributed by atoms with E-state index in [1.54, 1.807) is 0 Å². The summed E-state index contributed by atoms with van der Waals surface area (Å²) < 4.78 is 0. The zero-order valence-corrected chi connectivity index (χ0v) is 9.34. The zero-order chi connectivity index (χ0) is 9.84. The molecule has 0 saturated carbocycles. The first-order valence-electron chi connectivity index (χ1n) is 4.54. The molecular formula is C9H14BrNO2. The highest BCUT2D eigenvalue weighted by Crippen LogP contribution is 2.14. The Labute approximate surface area is 86.6 Å². The van der Waals surface area contributed by atoms with Crippen LogP contribution in [0.3, 0.4) is 0 Å². The summed E-state index contributed by atoms with van der Waals surface area (Å²) in [5.41, 5.74) is 0. The molecule has 1 unspecified atom stereocenters. The SMILES string of the molecule is CC(CBr)CN1C(=O)CCCC1=O. The van der Waals surface area contributed by atoms with Gasteiger partial charge in [-0.05, 0) is 12.3 Å². The molecule has 2 amide bonds. The maximum absolute atomic E-state index is 11.3. The Bertz CT molecular complexity index is 202. The number of hydrogen-bond acceptors (Lipinski definition) is 2. The van der Waals surface area contributed by atoms with Gasteiger partial charge in [0.25, 0.3) is 0 Å². The van der Waals surface area contributed by atoms with Gasteiger partial charge in [-0.25, -0.2) is 0 Å². The zero-order valence-electron chi connectivity index (χ0n) is 7.75. The Morgan fingerprint density at radius 2 is 1.92 bits per heavy atom. The quantitative estimate of drug-likeness (QED) is 0.561. The third-order valence-corrected chi connectivity index (χ3v) is 3.25. The molecule has 3 nitrogen and oxygen atoms in total. The minimum absolute atomic E-state index is 0.0101. The van der Waals surface area contributed by atoms with E-state index in [-0.39, 0.29) is 11.8 Å². The van der Waals surface area contributed by atoms with Crippen LogP contribution >= 0.6 is 15.9 Å². The molecule has 4 heteroatoms. The van der Waals surface area contributed by atoms with Gasteiger partial charge in [0.05, 0.1) is 0 Å². The number of piperidine rings is 1. The third-order valence-electron chi connectivity index (χ3n) is 2.14. The number of rotatable bonds is 3. The standard InChI is InChI=1S/C9H14BrNO2/c1-7(5-10)6-11-8(12)3-2-4-9(11)13/h7H,2-6H2,1H3. The molecule has 0 aliphatic carbocycles. The molecule has 1 atom stereocenters. The molecule has 0 N–H and O–H groups in total. The van der Waals surface area contributed by atoms with Crippen molar-refractivity contribution in [1.29, 1.82) is 0 Å². The highest BCUT2D eigenvalue weighted by molar-refractivity contribution is 9.09. The molecule has 1 fully saturated rings. The van der Waals surface area contributed by atoms with E-state index < -0.39 is 0 Å². The number of hydrogen-bond donors (Lipinski definition) is 0. The molecular weight excluding hydrogens is 234 g/mol. The average Bonchev–Trinajstić information content (AvgIpc) is 2.11. The minimum Gasteiger partial charge on any atom is -0.282 e. The summed E-state index contributed by atoms with van der Waals surface area (Å²) >= 11 is 3.33. The second kappa shape index (κ2) is 4.74. The number of halogens is 1. The molecule has 0 aromatic carbocycles. The van der Waals surface area contributed by atoms with Crippen molar-refractivity contribution in [2.24, 2.45) is 5.92 Å². The predicted octanol–water partition coefficient (Wildman–Crippen LogP) is 1.56. The summed E-state index contributed by atoms with van der Waals surface area (Å²) in [6.07, 6.45) is 1.78. The van der Waals surface area contributed by atoms with Crippen LogP contribution in [0, 0.1) is 5.92 Å². The summed E-state index contributed by atoms with van der Waals surface area (Å²) in [6, 6.07) is 0. The van der Waals surface area contributed by atoms with Gasteiger partial charge in [0.1, 0.15) is 0 Å². The van der Waals surface area contributed by atoms with Crippen LogP contribution in [-0.2, 0) is 9.59 Å². The fourth-order valence-electron chi connectivity index (χ4n) is 1.36. The summed E-state index contributed by atoms with van der Waals surface area (Å²) in [4.78, 5) is 24.1. The Hall–Kier alpha value is -0.380. The Kier molecular flexibility index (Phi) is 3.90. The molecule has 1 heterocycles. The van der Waals surface area contributed by atoms with Gasteiger partial charge in [0, 0.05) is 24.7 Å². The molecule has 74 valence electrons. The molecule has 13 heavy (non-hydrogen) atoms. The van der Waals surface area contributed by atoms with E-state index in [0.717, 1.165) is 11.8 Å². The lowest BCUT2D eigenvalue weighted by molar-refractivity contribution is -0.148. The summed E-state index contributed by atoms with van der Waals surface area (Å²) in [6.45, 7) is 2.58. The average molecular weight is 248 g/mol. The normalized spacial score (nSPS) is 20.6. The molecule has 0 spiro atoms. The lowest BCUT2D eigenvalue weighted by atomic mass is 10.1. The van der Waals surface area contributed by atoms with Gasteiger partial charge in [0.2, 0.25) is 11.8 Å². The van der Waals surface area contributed by atoms with Gasteiger partial charge >= 0.3 is 0 Å². The Morgan fingerprint density at radius 1 is 1.38 bits per heavy atom. The maximum atomic E-state index is 11.3. The van der Waals surface area contributed by atoms with Crippen molar-refractivity contribution >= 4 is 27.7 Å². The topological polar surface area (TPSA) is 37.4 Å². The van der Waals surface area contributed by atoms with Crippen LogP contribution in [-0.4, -0.2) is 28.6 Å². The van der Waals surface area contributed by atoms with E-state index in [1.807, 2.05) is 6.92 Å². The first kappa shape index (κ1) is 10.7. The summed E-state index contributed by atoms with van der Waals surface area (Å²) in [7, 11) is 0. The van der Waals surface area contributed by atoms with Crippen molar-refractivity contribution in [3.8, 4) is 0 Å². The van der Waals surface area contributed by atoms with Gasteiger partial charge in [-0.15, -0.1) is 0 Å². The summed E-state index contributed by atoms with van der Waals surface area (Å²) in [5.74, 6) is 0.319. The van der Waals surface area contributed by atoms with Crippen LogP contribution in [0.1, 0.15) is 26.2 Å². The van der Waals surface area contributed by atoms with Crippen molar-refractivity contribution in [3.05, 3.63) is 0 Å². The van der Waals surface area contributed by atoms with E-state index in [4.69, 9.17) is 0 Å². The fourth-order valence-corrected chi connectivity index (χ4v) is 1.57. The van der Waals surface area contributed by atoms with Crippen LogP contribution in [0.2, 0.25) is 0 Å². The number of imide groups is 1. The highest BCUT2D eigenvalue weighted by atomic mass is 79.9. The van der Waals surface area contributed by atoms with Crippen LogP contribution in [0.4, 0.5) is 0 Å². The molecule has 0 aromatic rings. The Morgan fingerprint density at radius 3 is 2.38 bits per heavy atom. The number of amides is 2. The van der Waals surface area contributed by atoms with Crippen LogP contribution in [0.15, 0.2) is 0 Å². The number of carbonyl (C=O) groups excluding carboxylic acids is 2.